The third-order valence-corrected chi connectivity index (χ3v) is 6.85. The molecule has 1 aliphatic heterocycles. The molecule has 0 unspecified atom stereocenters. The average molecular weight is 436 g/mol. The zero-order valence-electron chi connectivity index (χ0n) is 16.7. The lowest BCUT2D eigenvalue weighted by molar-refractivity contribution is -0.145. The van der Waals surface area contributed by atoms with Crippen molar-refractivity contribution in [2.75, 3.05) is 12.3 Å². The van der Waals surface area contributed by atoms with Gasteiger partial charge in [-0.3, -0.25) is 19.3 Å². The molecule has 1 aliphatic carbocycles. The van der Waals surface area contributed by atoms with Gasteiger partial charge in [0.25, 0.3) is 11.8 Å². The third kappa shape index (κ3) is 3.44. The van der Waals surface area contributed by atoms with Crippen molar-refractivity contribution in [2.45, 2.75) is 38.7 Å². The van der Waals surface area contributed by atoms with Gasteiger partial charge >= 0.3 is 5.97 Å². The molecule has 3 aromatic rings. The van der Waals surface area contributed by atoms with Crippen molar-refractivity contribution in [1.29, 1.82) is 0 Å². The maximum absolute atomic E-state index is 12.4. The fraction of sp³-hybridized carbons (Fsp3) is 0.318. The maximum atomic E-state index is 12.4. The number of anilines is 1. The van der Waals surface area contributed by atoms with E-state index in [4.69, 9.17) is 10.5 Å². The summed E-state index contributed by atoms with van der Waals surface area (Å²) in [4.78, 5) is 49.0. The Morgan fingerprint density at radius 2 is 1.81 bits per heavy atom. The summed E-state index contributed by atoms with van der Waals surface area (Å²) >= 11 is 1.63. The van der Waals surface area contributed by atoms with Crippen LogP contribution < -0.4 is 5.73 Å². The predicted molar refractivity (Wildman–Crippen MR) is 115 cm³/mol. The van der Waals surface area contributed by atoms with Crippen molar-refractivity contribution >= 4 is 45.2 Å². The molecular weight excluding hydrogens is 416 g/mol. The number of hydrogen-bond donors (Lipinski definition) is 1. The van der Waals surface area contributed by atoms with E-state index in [1.165, 1.54) is 16.9 Å². The molecule has 0 fully saturated rings. The van der Waals surface area contributed by atoms with Crippen LogP contribution >= 0.6 is 11.3 Å². The molecule has 8 nitrogen and oxygen atoms in total. The molecule has 0 saturated heterocycles. The van der Waals surface area contributed by atoms with Crippen molar-refractivity contribution in [3.05, 3.63) is 51.7 Å². The van der Waals surface area contributed by atoms with Crippen LogP contribution in [0.1, 0.15) is 56.2 Å². The molecule has 31 heavy (non-hydrogen) atoms. The summed E-state index contributed by atoms with van der Waals surface area (Å²) < 4.78 is 5.28. The normalized spacial score (nSPS) is 15.3. The highest BCUT2D eigenvalue weighted by Gasteiger charge is 2.35. The Balaban J connectivity index is 1.22. The lowest BCUT2D eigenvalue weighted by Crippen LogP contribution is -2.32. The van der Waals surface area contributed by atoms with Gasteiger partial charge in [-0.15, -0.1) is 11.3 Å². The number of benzene rings is 1. The topological polar surface area (TPSA) is 115 Å². The summed E-state index contributed by atoms with van der Waals surface area (Å²) in [6.07, 6.45) is 4.25. The van der Waals surface area contributed by atoms with Crippen molar-refractivity contribution in [1.82, 2.24) is 14.9 Å². The number of carbonyl (C=O) groups excluding carboxylic acids is 3. The number of aromatic nitrogens is 2. The molecule has 0 spiro atoms. The highest BCUT2D eigenvalue weighted by molar-refractivity contribution is 7.19. The Morgan fingerprint density at radius 3 is 2.55 bits per heavy atom. The number of nitrogens with two attached hydrogens (primary N) is 1. The van der Waals surface area contributed by atoms with Gasteiger partial charge in [0.1, 0.15) is 10.6 Å². The molecule has 2 aromatic heterocycles. The highest BCUT2D eigenvalue weighted by Crippen LogP contribution is 2.37. The zero-order chi connectivity index (χ0) is 21.5. The van der Waals surface area contributed by atoms with Crippen molar-refractivity contribution in [2.24, 2.45) is 0 Å². The Labute approximate surface area is 182 Å². The Kier molecular flexibility index (Phi) is 4.90. The van der Waals surface area contributed by atoms with Gasteiger partial charge in [0.2, 0.25) is 0 Å². The molecule has 0 atom stereocenters. The molecular formula is C22H20N4O4S. The molecule has 2 amide bonds. The first kappa shape index (κ1) is 19.6. The average Bonchev–Trinajstić information content (AvgIpc) is 3.26. The quantitative estimate of drug-likeness (QED) is 0.483. The Hall–Kier alpha value is -3.33. The number of carbonyl (C=O) groups is 3. The summed E-state index contributed by atoms with van der Waals surface area (Å²) in [5.74, 6) is -0.559. The number of ether oxygens (including phenoxy) is 1. The molecule has 0 saturated carbocycles. The number of imide groups is 1. The van der Waals surface area contributed by atoms with Gasteiger partial charge in [0.15, 0.2) is 12.4 Å². The largest absolute Gasteiger partial charge is 0.457 e. The summed E-state index contributed by atoms with van der Waals surface area (Å²) in [6.45, 7) is -0.144. The highest BCUT2D eigenvalue weighted by atomic mass is 32.1. The van der Waals surface area contributed by atoms with Gasteiger partial charge < -0.3 is 10.5 Å². The number of fused-ring (bicyclic) bond motifs is 4. The summed E-state index contributed by atoms with van der Waals surface area (Å²) in [7, 11) is 0. The summed E-state index contributed by atoms with van der Waals surface area (Å²) in [5, 5.41) is 0.931. The molecule has 1 aromatic carbocycles. The van der Waals surface area contributed by atoms with Crippen LogP contribution in [0.2, 0.25) is 0 Å². The molecule has 0 bridgehead atoms. The number of nitrogens with zero attached hydrogens (tertiary/aromatic N) is 3. The molecule has 3 heterocycles. The van der Waals surface area contributed by atoms with Crippen LogP contribution in [0.15, 0.2) is 24.3 Å². The molecule has 2 N–H and O–H groups in total. The maximum Gasteiger partial charge on any atom is 0.308 e. The van der Waals surface area contributed by atoms with Crippen LogP contribution in [0, 0.1) is 0 Å². The van der Waals surface area contributed by atoms with Gasteiger partial charge in [0.05, 0.1) is 22.9 Å². The van der Waals surface area contributed by atoms with Gasteiger partial charge in [-0.25, -0.2) is 9.97 Å². The van der Waals surface area contributed by atoms with E-state index in [-0.39, 0.29) is 19.6 Å². The van der Waals surface area contributed by atoms with E-state index >= 15 is 0 Å². The second-order valence-electron chi connectivity index (χ2n) is 7.63. The van der Waals surface area contributed by atoms with Crippen molar-refractivity contribution in [3.8, 4) is 0 Å². The Morgan fingerprint density at radius 1 is 1.10 bits per heavy atom. The second kappa shape index (κ2) is 7.73. The SMILES string of the molecule is Nc1nc(COC(=O)CCN2C(=O)c3ccccc3C2=O)nc2sc3c(c12)CCCC3. The lowest BCUT2D eigenvalue weighted by Gasteiger charge is -2.13. The Bertz CT molecular complexity index is 1200. The molecule has 158 valence electrons. The number of thiophene rings is 1. The van der Waals surface area contributed by atoms with Crippen LogP contribution in [0.3, 0.4) is 0 Å². The molecule has 0 radical (unpaired) electrons. The first-order chi connectivity index (χ1) is 15.0. The number of aryl methyl sites for hydroxylation is 2. The van der Waals surface area contributed by atoms with E-state index in [0.717, 1.165) is 34.4 Å². The number of amides is 2. The molecule has 5 rings (SSSR count). The number of nitrogen functional groups attached to an aromatic ring is 1. The van der Waals surface area contributed by atoms with E-state index in [0.29, 0.717) is 22.8 Å². The smallest absolute Gasteiger partial charge is 0.308 e. The van der Waals surface area contributed by atoms with E-state index in [1.54, 1.807) is 35.6 Å². The third-order valence-electron chi connectivity index (χ3n) is 5.67. The van der Waals surface area contributed by atoms with Crippen LogP contribution in [0.25, 0.3) is 10.2 Å². The molecule has 9 heteroatoms. The minimum atomic E-state index is -0.538. The van der Waals surface area contributed by atoms with Crippen molar-refractivity contribution in [3.63, 3.8) is 0 Å². The fourth-order valence-corrected chi connectivity index (χ4v) is 5.45. The number of esters is 1. The minimum absolute atomic E-state index is 0.0368. The van der Waals surface area contributed by atoms with Crippen LogP contribution in [0.4, 0.5) is 5.82 Å². The van der Waals surface area contributed by atoms with E-state index in [2.05, 4.69) is 9.97 Å². The predicted octanol–water partition coefficient (Wildman–Crippen LogP) is 2.88. The first-order valence-corrected chi connectivity index (χ1v) is 11.0. The summed E-state index contributed by atoms with van der Waals surface area (Å²) in [6, 6.07) is 6.62. The second-order valence-corrected chi connectivity index (χ2v) is 8.72. The van der Waals surface area contributed by atoms with Crippen LogP contribution in [-0.2, 0) is 29.0 Å². The standard InChI is InChI=1S/C22H20N4O4S/c23-19-18-14-7-3-4-8-15(14)31-20(18)25-16(24-19)11-30-17(27)9-10-26-21(28)12-5-1-2-6-13(12)22(26)29/h1-2,5-6H,3-4,7-11H2,(H2,23,24,25). The van der Waals surface area contributed by atoms with E-state index in [9.17, 15) is 14.4 Å². The van der Waals surface area contributed by atoms with E-state index in [1.807, 2.05) is 0 Å². The fourth-order valence-electron chi connectivity index (χ4n) is 4.16. The van der Waals surface area contributed by atoms with Gasteiger partial charge in [-0.05, 0) is 43.4 Å². The summed E-state index contributed by atoms with van der Waals surface area (Å²) in [5.41, 5.74) is 8.15. The first-order valence-electron chi connectivity index (χ1n) is 10.2. The van der Waals surface area contributed by atoms with Gasteiger partial charge in [0, 0.05) is 11.4 Å². The monoisotopic (exact) mass is 436 g/mol. The van der Waals surface area contributed by atoms with Gasteiger partial charge in [-0.1, -0.05) is 12.1 Å². The van der Waals surface area contributed by atoms with Crippen LogP contribution in [-0.4, -0.2) is 39.2 Å². The zero-order valence-corrected chi connectivity index (χ0v) is 17.5. The van der Waals surface area contributed by atoms with Crippen LogP contribution in [0.5, 0.6) is 0 Å². The lowest BCUT2D eigenvalue weighted by atomic mass is 9.97. The minimum Gasteiger partial charge on any atom is -0.457 e. The number of hydrogen-bond acceptors (Lipinski definition) is 8. The number of rotatable bonds is 5. The van der Waals surface area contributed by atoms with Gasteiger partial charge in [-0.2, -0.15) is 0 Å². The van der Waals surface area contributed by atoms with Crippen molar-refractivity contribution < 1.29 is 19.1 Å². The van der Waals surface area contributed by atoms with E-state index < -0.39 is 17.8 Å². The molecule has 2 aliphatic rings.